The minimum atomic E-state index is -3.50. The standard InChI is InChI=1S/C20H33N3O3S/c1-7-23(8-2)27(25,26)17-11-9-15(10-12-17)18(24)21-16-13-19(3,4)22-20(5,6)14-16/h9-12,16,22H,7-8,13-14H2,1-6H3,(H,21,24)/p+1. The van der Waals surface area contributed by atoms with Gasteiger partial charge in [-0.1, -0.05) is 13.8 Å². The van der Waals surface area contributed by atoms with Crippen molar-refractivity contribution in [2.24, 2.45) is 0 Å². The third-order valence-electron chi connectivity index (χ3n) is 5.12. The lowest BCUT2D eigenvalue weighted by Crippen LogP contribution is -3.06. The van der Waals surface area contributed by atoms with Gasteiger partial charge in [-0.2, -0.15) is 4.31 Å². The molecule has 1 fully saturated rings. The molecular weight excluding hydrogens is 362 g/mol. The highest BCUT2D eigenvalue weighted by molar-refractivity contribution is 7.89. The number of piperidine rings is 1. The fourth-order valence-corrected chi connectivity index (χ4v) is 5.84. The zero-order chi connectivity index (χ0) is 20.5. The number of hydrogen-bond donors (Lipinski definition) is 2. The molecule has 1 aliphatic rings. The fourth-order valence-electron chi connectivity index (χ4n) is 4.38. The van der Waals surface area contributed by atoms with E-state index in [2.05, 4.69) is 38.3 Å². The maximum absolute atomic E-state index is 12.7. The first-order valence-electron chi connectivity index (χ1n) is 9.68. The number of carbonyl (C=O) groups is 1. The Hall–Kier alpha value is -1.44. The van der Waals surface area contributed by atoms with Crippen LogP contribution in [0.15, 0.2) is 29.2 Å². The van der Waals surface area contributed by atoms with Crippen LogP contribution in [0.3, 0.4) is 0 Å². The first-order chi connectivity index (χ1) is 12.4. The van der Waals surface area contributed by atoms with Gasteiger partial charge in [0.1, 0.15) is 0 Å². The third-order valence-corrected chi connectivity index (χ3v) is 7.19. The van der Waals surface area contributed by atoms with Crippen LogP contribution in [0.4, 0.5) is 0 Å². The van der Waals surface area contributed by atoms with Crippen molar-refractivity contribution in [3.8, 4) is 0 Å². The Kier molecular flexibility index (Phi) is 6.39. The summed E-state index contributed by atoms with van der Waals surface area (Å²) in [4.78, 5) is 12.9. The van der Waals surface area contributed by atoms with Crippen LogP contribution in [0.2, 0.25) is 0 Å². The Bertz CT molecular complexity index is 750. The van der Waals surface area contributed by atoms with Gasteiger partial charge in [-0.05, 0) is 52.0 Å². The Morgan fingerprint density at radius 3 is 2.00 bits per heavy atom. The average molecular weight is 397 g/mol. The van der Waals surface area contributed by atoms with E-state index in [-0.39, 0.29) is 27.9 Å². The SMILES string of the molecule is CCN(CC)S(=O)(=O)c1ccc(C(=O)NC2CC(C)(C)[NH2+]C(C)(C)C2)cc1. The summed E-state index contributed by atoms with van der Waals surface area (Å²) in [7, 11) is -3.50. The number of quaternary nitrogens is 1. The molecule has 0 spiro atoms. The molecule has 1 heterocycles. The lowest BCUT2D eigenvalue weighted by Gasteiger charge is -2.43. The monoisotopic (exact) mass is 396 g/mol. The van der Waals surface area contributed by atoms with Gasteiger partial charge in [0.05, 0.1) is 16.0 Å². The highest BCUT2D eigenvalue weighted by Gasteiger charge is 2.42. The zero-order valence-corrected chi connectivity index (χ0v) is 18.2. The number of amides is 1. The van der Waals surface area contributed by atoms with Crippen LogP contribution in [0, 0.1) is 0 Å². The molecule has 1 aromatic carbocycles. The molecule has 1 aliphatic heterocycles. The Labute approximate surface area is 163 Å². The van der Waals surface area contributed by atoms with Crippen molar-refractivity contribution in [3.05, 3.63) is 29.8 Å². The van der Waals surface area contributed by atoms with Crippen LogP contribution < -0.4 is 10.6 Å². The zero-order valence-electron chi connectivity index (χ0n) is 17.4. The molecule has 27 heavy (non-hydrogen) atoms. The Morgan fingerprint density at radius 2 is 1.56 bits per heavy atom. The van der Waals surface area contributed by atoms with Crippen molar-refractivity contribution in [1.82, 2.24) is 9.62 Å². The number of sulfonamides is 1. The second-order valence-corrected chi connectivity index (χ2v) is 10.8. The molecule has 0 saturated carbocycles. The largest absolute Gasteiger partial charge is 0.349 e. The second-order valence-electron chi connectivity index (χ2n) is 8.81. The second kappa shape index (κ2) is 7.89. The van der Waals surface area contributed by atoms with E-state index in [0.29, 0.717) is 18.7 Å². The van der Waals surface area contributed by atoms with Gasteiger partial charge >= 0.3 is 0 Å². The first-order valence-corrected chi connectivity index (χ1v) is 11.1. The molecule has 0 aromatic heterocycles. The van der Waals surface area contributed by atoms with Gasteiger partial charge in [0.2, 0.25) is 10.0 Å². The van der Waals surface area contributed by atoms with E-state index in [4.69, 9.17) is 0 Å². The van der Waals surface area contributed by atoms with Crippen LogP contribution in [0.1, 0.15) is 64.7 Å². The van der Waals surface area contributed by atoms with Crippen molar-refractivity contribution < 1.29 is 18.5 Å². The van der Waals surface area contributed by atoms with Gasteiger partial charge < -0.3 is 10.6 Å². The molecule has 0 atom stereocenters. The van der Waals surface area contributed by atoms with E-state index in [1.807, 2.05) is 13.8 Å². The number of nitrogens with one attached hydrogen (secondary N) is 1. The van der Waals surface area contributed by atoms with Gasteiger partial charge in [0.25, 0.3) is 5.91 Å². The highest BCUT2D eigenvalue weighted by Crippen LogP contribution is 2.22. The van der Waals surface area contributed by atoms with Crippen LogP contribution in [0.5, 0.6) is 0 Å². The first kappa shape index (κ1) is 21.9. The molecule has 3 N–H and O–H groups in total. The maximum atomic E-state index is 12.7. The van der Waals surface area contributed by atoms with E-state index in [1.54, 1.807) is 12.1 Å². The van der Waals surface area contributed by atoms with E-state index in [0.717, 1.165) is 12.8 Å². The van der Waals surface area contributed by atoms with Gasteiger partial charge in [-0.25, -0.2) is 8.42 Å². The van der Waals surface area contributed by atoms with E-state index >= 15 is 0 Å². The summed E-state index contributed by atoms with van der Waals surface area (Å²) in [6.07, 6.45) is 1.80. The molecule has 6 nitrogen and oxygen atoms in total. The van der Waals surface area contributed by atoms with Crippen molar-refractivity contribution in [1.29, 1.82) is 0 Å². The molecular formula is C20H34N3O3S+. The summed E-state index contributed by atoms with van der Waals surface area (Å²) in [5, 5.41) is 5.50. The van der Waals surface area contributed by atoms with Crippen LogP contribution in [0.25, 0.3) is 0 Å². The smallest absolute Gasteiger partial charge is 0.251 e. The number of carbonyl (C=O) groups excluding carboxylic acids is 1. The van der Waals surface area contributed by atoms with E-state index in [1.165, 1.54) is 16.4 Å². The Balaban J connectivity index is 2.12. The third kappa shape index (κ3) is 5.30. The molecule has 7 heteroatoms. The van der Waals surface area contributed by atoms with Gasteiger partial charge in [-0.3, -0.25) is 4.79 Å². The molecule has 0 radical (unpaired) electrons. The molecule has 152 valence electrons. The van der Waals surface area contributed by atoms with E-state index < -0.39 is 10.0 Å². The fraction of sp³-hybridized carbons (Fsp3) is 0.650. The molecule has 2 rings (SSSR count). The van der Waals surface area contributed by atoms with Crippen molar-refractivity contribution in [2.75, 3.05) is 13.1 Å². The summed E-state index contributed by atoms with van der Waals surface area (Å²) in [6, 6.07) is 6.33. The minimum absolute atomic E-state index is 0.0708. The summed E-state index contributed by atoms with van der Waals surface area (Å²) in [5.41, 5.74) is 0.627. The van der Waals surface area contributed by atoms with Crippen LogP contribution >= 0.6 is 0 Å². The van der Waals surface area contributed by atoms with E-state index in [9.17, 15) is 13.2 Å². The molecule has 1 amide bonds. The molecule has 0 aliphatic carbocycles. The lowest BCUT2D eigenvalue weighted by molar-refractivity contribution is -0.787. The van der Waals surface area contributed by atoms with Crippen LogP contribution in [-0.4, -0.2) is 48.8 Å². The lowest BCUT2D eigenvalue weighted by atomic mass is 9.79. The molecule has 1 saturated heterocycles. The van der Waals surface area contributed by atoms with Crippen molar-refractivity contribution in [2.45, 2.75) is 76.4 Å². The number of rotatable bonds is 6. The number of benzene rings is 1. The maximum Gasteiger partial charge on any atom is 0.251 e. The minimum Gasteiger partial charge on any atom is -0.349 e. The van der Waals surface area contributed by atoms with Gasteiger partial charge in [-0.15, -0.1) is 0 Å². The quantitative estimate of drug-likeness (QED) is 0.768. The predicted molar refractivity (Wildman–Crippen MR) is 107 cm³/mol. The molecule has 0 bridgehead atoms. The number of nitrogens with zero attached hydrogens (tertiary/aromatic N) is 1. The molecule has 1 aromatic rings. The van der Waals surface area contributed by atoms with Crippen molar-refractivity contribution in [3.63, 3.8) is 0 Å². The normalized spacial score (nSPS) is 19.8. The van der Waals surface area contributed by atoms with Crippen molar-refractivity contribution >= 4 is 15.9 Å². The number of hydrogen-bond acceptors (Lipinski definition) is 3. The predicted octanol–water partition coefficient (Wildman–Crippen LogP) is 1.73. The van der Waals surface area contributed by atoms with Gasteiger partial charge in [0, 0.05) is 37.5 Å². The highest BCUT2D eigenvalue weighted by atomic mass is 32.2. The topological polar surface area (TPSA) is 83.1 Å². The average Bonchev–Trinajstić information content (AvgIpc) is 2.52. The number of nitrogens with two attached hydrogens (primary N) is 1. The summed E-state index contributed by atoms with van der Waals surface area (Å²) >= 11 is 0. The molecule has 0 unspecified atom stereocenters. The Morgan fingerprint density at radius 1 is 1.07 bits per heavy atom. The summed E-state index contributed by atoms with van der Waals surface area (Å²) < 4.78 is 26.5. The summed E-state index contributed by atoms with van der Waals surface area (Å²) in [5.74, 6) is -0.153. The summed E-state index contributed by atoms with van der Waals surface area (Å²) in [6.45, 7) is 13.2. The van der Waals surface area contributed by atoms with Gasteiger partial charge in [0.15, 0.2) is 0 Å². The van der Waals surface area contributed by atoms with Crippen LogP contribution in [-0.2, 0) is 10.0 Å².